The number of Topliss-reactive ketones (excluding diaryl/α,β-unsaturated/α-hetero) is 1. The van der Waals surface area contributed by atoms with Crippen LogP contribution in [0, 0.1) is 5.82 Å². The largest absolute Gasteiger partial charge is 0.485 e. The second-order valence-electron chi connectivity index (χ2n) is 6.21. The number of anilines is 1. The van der Waals surface area contributed by atoms with Crippen LogP contribution in [0.4, 0.5) is 10.1 Å². The molecule has 4 rings (SSSR count). The Bertz CT molecular complexity index is 1060. The first-order valence-electron chi connectivity index (χ1n) is 8.54. The highest BCUT2D eigenvalue weighted by Gasteiger charge is 2.36. The van der Waals surface area contributed by atoms with Crippen LogP contribution < -0.4 is 9.64 Å². The highest BCUT2D eigenvalue weighted by atomic mass is 19.1. The number of fused-ring (bicyclic) bond motifs is 1. The maximum atomic E-state index is 13.0. The molecule has 3 aromatic rings. The monoisotopic (exact) mass is 375 g/mol. The van der Waals surface area contributed by atoms with Crippen molar-refractivity contribution in [3.63, 3.8) is 0 Å². The predicted octanol–water partition coefficient (Wildman–Crippen LogP) is 3.89. The van der Waals surface area contributed by atoms with E-state index in [1.54, 1.807) is 42.5 Å². The van der Waals surface area contributed by atoms with Crippen LogP contribution in [0.5, 0.6) is 5.75 Å². The number of amides is 2. The summed E-state index contributed by atoms with van der Waals surface area (Å²) in [6, 6.07) is 18.2. The minimum absolute atomic E-state index is 0.253. The average Bonchev–Trinajstić information content (AvgIpc) is 2.98. The Morgan fingerprint density at radius 1 is 0.857 bits per heavy atom. The number of carbonyl (C=O) groups excluding carboxylic acids is 3. The number of ketones is 1. The van der Waals surface area contributed by atoms with E-state index in [0.29, 0.717) is 28.1 Å². The fraction of sp³-hybridized carbons (Fsp3) is 0.0455. The number of carbonyl (C=O) groups is 3. The topological polar surface area (TPSA) is 63.7 Å². The van der Waals surface area contributed by atoms with Crippen molar-refractivity contribution in [1.82, 2.24) is 0 Å². The summed E-state index contributed by atoms with van der Waals surface area (Å²) in [5.41, 5.74) is 1.39. The second-order valence-corrected chi connectivity index (χ2v) is 6.21. The normalized spacial score (nSPS) is 12.8. The fourth-order valence-corrected chi connectivity index (χ4v) is 3.00. The lowest BCUT2D eigenvalue weighted by atomic mass is 10.1. The molecule has 0 saturated carbocycles. The molecule has 0 aromatic heterocycles. The van der Waals surface area contributed by atoms with Crippen molar-refractivity contribution in [3.8, 4) is 5.75 Å². The molecule has 0 aliphatic carbocycles. The van der Waals surface area contributed by atoms with Crippen LogP contribution in [0.3, 0.4) is 0 Å². The van der Waals surface area contributed by atoms with Gasteiger partial charge in [0.25, 0.3) is 11.8 Å². The Balaban J connectivity index is 1.51. The summed E-state index contributed by atoms with van der Waals surface area (Å²) in [6.45, 7) is -0.253. The van der Waals surface area contributed by atoms with E-state index in [0.717, 1.165) is 4.90 Å². The molecule has 0 atom stereocenters. The van der Waals surface area contributed by atoms with Crippen molar-refractivity contribution in [2.75, 3.05) is 11.5 Å². The Kier molecular flexibility index (Phi) is 4.45. The van der Waals surface area contributed by atoms with Crippen molar-refractivity contribution < 1.29 is 23.5 Å². The Labute approximate surface area is 160 Å². The Morgan fingerprint density at radius 3 is 2.14 bits per heavy atom. The Hall–Kier alpha value is -3.80. The van der Waals surface area contributed by atoms with Crippen molar-refractivity contribution in [1.29, 1.82) is 0 Å². The highest BCUT2D eigenvalue weighted by molar-refractivity contribution is 6.34. The van der Waals surface area contributed by atoms with Crippen molar-refractivity contribution >= 4 is 23.3 Å². The molecule has 0 bridgehead atoms. The molecule has 0 fully saturated rings. The van der Waals surface area contributed by atoms with Gasteiger partial charge in [0.2, 0.25) is 0 Å². The molecule has 6 heteroatoms. The van der Waals surface area contributed by atoms with Crippen molar-refractivity contribution in [2.45, 2.75) is 0 Å². The first-order chi connectivity index (χ1) is 13.5. The van der Waals surface area contributed by atoms with Gasteiger partial charge in [0.15, 0.2) is 12.4 Å². The van der Waals surface area contributed by atoms with Crippen LogP contribution in [0.2, 0.25) is 0 Å². The first-order valence-corrected chi connectivity index (χ1v) is 8.54. The minimum atomic E-state index is -0.425. The molecule has 3 aromatic carbocycles. The molecule has 138 valence electrons. The summed E-state index contributed by atoms with van der Waals surface area (Å²) >= 11 is 0. The Morgan fingerprint density at radius 2 is 1.50 bits per heavy atom. The number of benzene rings is 3. The van der Waals surface area contributed by atoms with Gasteiger partial charge in [-0.1, -0.05) is 18.2 Å². The molecular formula is C22H14FNO4. The van der Waals surface area contributed by atoms with Gasteiger partial charge in [-0.25, -0.2) is 9.29 Å². The summed E-state index contributed by atoms with van der Waals surface area (Å²) in [5.74, 6) is -1.21. The summed E-state index contributed by atoms with van der Waals surface area (Å²) in [5, 5.41) is 0. The zero-order chi connectivity index (χ0) is 19.7. The second kappa shape index (κ2) is 7.08. The van der Waals surface area contributed by atoms with Gasteiger partial charge >= 0.3 is 0 Å². The average molecular weight is 375 g/mol. The molecular weight excluding hydrogens is 361 g/mol. The summed E-state index contributed by atoms with van der Waals surface area (Å²) in [7, 11) is 0. The van der Waals surface area contributed by atoms with Crippen molar-refractivity contribution in [3.05, 3.63) is 95.3 Å². The van der Waals surface area contributed by atoms with Gasteiger partial charge in [0.1, 0.15) is 11.6 Å². The van der Waals surface area contributed by atoms with E-state index in [-0.39, 0.29) is 12.4 Å². The maximum Gasteiger partial charge on any atom is 0.266 e. The zero-order valence-electron chi connectivity index (χ0n) is 14.6. The van der Waals surface area contributed by atoms with E-state index in [9.17, 15) is 18.8 Å². The SMILES string of the molecule is O=C(COc1cccc(N2C(=O)c3ccccc3C2=O)c1)c1ccc(F)cc1. The number of ether oxygens (including phenoxy) is 1. The molecule has 0 saturated heterocycles. The fourth-order valence-electron chi connectivity index (χ4n) is 3.00. The van der Waals surface area contributed by atoms with E-state index < -0.39 is 17.6 Å². The van der Waals surface area contributed by atoms with Crippen LogP contribution in [0.1, 0.15) is 31.1 Å². The zero-order valence-corrected chi connectivity index (χ0v) is 14.6. The molecule has 28 heavy (non-hydrogen) atoms. The third kappa shape index (κ3) is 3.16. The maximum absolute atomic E-state index is 13.0. The van der Waals surface area contributed by atoms with E-state index in [2.05, 4.69) is 0 Å². The van der Waals surface area contributed by atoms with Gasteiger partial charge in [-0.05, 0) is 48.5 Å². The number of rotatable bonds is 5. The molecule has 0 spiro atoms. The van der Waals surface area contributed by atoms with Gasteiger partial charge in [-0.2, -0.15) is 0 Å². The molecule has 0 N–H and O–H groups in total. The van der Waals surface area contributed by atoms with Crippen LogP contribution in [0.25, 0.3) is 0 Å². The molecule has 0 unspecified atom stereocenters. The van der Waals surface area contributed by atoms with Gasteiger partial charge in [0.05, 0.1) is 16.8 Å². The van der Waals surface area contributed by atoms with Crippen LogP contribution in [-0.2, 0) is 0 Å². The highest BCUT2D eigenvalue weighted by Crippen LogP contribution is 2.30. The van der Waals surface area contributed by atoms with Gasteiger partial charge in [-0.3, -0.25) is 14.4 Å². The van der Waals surface area contributed by atoms with E-state index in [1.165, 1.54) is 30.3 Å². The third-order valence-electron chi connectivity index (χ3n) is 4.41. The third-order valence-corrected chi connectivity index (χ3v) is 4.41. The molecule has 2 amide bonds. The molecule has 5 nitrogen and oxygen atoms in total. The number of halogens is 1. The standard InChI is InChI=1S/C22H14FNO4/c23-15-10-8-14(9-11-15)20(25)13-28-17-5-3-4-16(12-17)24-21(26)18-6-1-2-7-19(18)22(24)27/h1-12H,13H2. The lowest BCUT2D eigenvalue weighted by Crippen LogP contribution is -2.29. The van der Waals surface area contributed by atoms with Crippen LogP contribution in [-0.4, -0.2) is 24.2 Å². The van der Waals surface area contributed by atoms with Crippen LogP contribution in [0.15, 0.2) is 72.8 Å². The number of hydrogen-bond donors (Lipinski definition) is 0. The summed E-state index contributed by atoms with van der Waals surface area (Å²) in [6.07, 6.45) is 0. The van der Waals surface area contributed by atoms with Crippen LogP contribution >= 0.6 is 0 Å². The summed E-state index contributed by atoms with van der Waals surface area (Å²) < 4.78 is 18.5. The van der Waals surface area contributed by atoms with Gasteiger partial charge in [-0.15, -0.1) is 0 Å². The molecule has 1 aliphatic heterocycles. The first kappa shape index (κ1) is 17.6. The van der Waals surface area contributed by atoms with E-state index in [4.69, 9.17) is 4.74 Å². The smallest absolute Gasteiger partial charge is 0.266 e. The molecule has 0 radical (unpaired) electrons. The number of imide groups is 1. The predicted molar refractivity (Wildman–Crippen MR) is 100 cm³/mol. The van der Waals surface area contributed by atoms with E-state index >= 15 is 0 Å². The minimum Gasteiger partial charge on any atom is -0.485 e. The van der Waals surface area contributed by atoms with Crippen molar-refractivity contribution in [2.24, 2.45) is 0 Å². The molecule has 1 heterocycles. The van der Waals surface area contributed by atoms with Gasteiger partial charge < -0.3 is 4.74 Å². The quantitative estimate of drug-likeness (QED) is 0.501. The van der Waals surface area contributed by atoms with E-state index in [1.807, 2.05) is 0 Å². The number of nitrogens with zero attached hydrogens (tertiary/aromatic N) is 1. The summed E-state index contributed by atoms with van der Waals surface area (Å²) in [4.78, 5) is 38.4. The lowest BCUT2D eigenvalue weighted by Gasteiger charge is -2.15. The number of hydrogen-bond acceptors (Lipinski definition) is 4. The van der Waals surface area contributed by atoms with Gasteiger partial charge in [0, 0.05) is 11.6 Å². The lowest BCUT2D eigenvalue weighted by molar-refractivity contribution is 0.0910. The molecule has 1 aliphatic rings.